The molecule has 0 radical (unpaired) electrons. The van der Waals surface area contributed by atoms with Crippen LogP contribution in [-0.4, -0.2) is 16.3 Å². The van der Waals surface area contributed by atoms with Gasteiger partial charge in [-0.15, -0.1) is 0 Å². The molecule has 3 heteroatoms. The highest BCUT2D eigenvalue weighted by molar-refractivity contribution is 5.02. The zero-order valence-corrected chi connectivity index (χ0v) is 8.16. The molecule has 1 saturated carbocycles. The summed E-state index contributed by atoms with van der Waals surface area (Å²) in [6, 6.07) is 0. The summed E-state index contributed by atoms with van der Waals surface area (Å²) in [5, 5.41) is 7.59. The van der Waals surface area contributed by atoms with Gasteiger partial charge in [0.25, 0.3) is 0 Å². The van der Waals surface area contributed by atoms with E-state index in [4.69, 9.17) is 0 Å². The molecule has 3 nitrogen and oxygen atoms in total. The predicted octanol–water partition coefficient (Wildman–Crippen LogP) is 1.31. The van der Waals surface area contributed by atoms with E-state index in [1.807, 2.05) is 17.9 Å². The molecule has 1 N–H and O–H groups in total. The second-order valence-corrected chi connectivity index (χ2v) is 3.95. The van der Waals surface area contributed by atoms with E-state index < -0.39 is 0 Å². The van der Waals surface area contributed by atoms with Crippen molar-refractivity contribution in [3.8, 4) is 0 Å². The molecule has 0 spiro atoms. The molecule has 1 aliphatic rings. The van der Waals surface area contributed by atoms with Crippen LogP contribution in [0.4, 0.5) is 0 Å². The van der Waals surface area contributed by atoms with Crippen LogP contribution in [0.25, 0.3) is 0 Å². The van der Waals surface area contributed by atoms with Gasteiger partial charge in [0.1, 0.15) is 0 Å². The molecule has 13 heavy (non-hydrogen) atoms. The van der Waals surface area contributed by atoms with Gasteiger partial charge in [0.2, 0.25) is 0 Å². The van der Waals surface area contributed by atoms with Crippen LogP contribution in [0.15, 0.2) is 12.4 Å². The van der Waals surface area contributed by atoms with E-state index >= 15 is 0 Å². The standard InChI is InChI=1S/C10H17N3/c1-13-8-10(7-12-13)6-11-5-9-3-2-4-9/h7-9,11H,2-6H2,1H3. The Morgan fingerprint density at radius 2 is 2.46 bits per heavy atom. The summed E-state index contributed by atoms with van der Waals surface area (Å²) < 4.78 is 1.85. The van der Waals surface area contributed by atoms with Gasteiger partial charge < -0.3 is 5.32 Å². The fraction of sp³-hybridized carbons (Fsp3) is 0.700. The lowest BCUT2D eigenvalue weighted by Gasteiger charge is -2.25. The molecule has 1 aliphatic carbocycles. The second kappa shape index (κ2) is 3.92. The molecule has 0 bridgehead atoms. The van der Waals surface area contributed by atoms with Gasteiger partial charge in [0.15, 0.2) is 0 Å². The van der Waals surface area contributed by atoms with Crippen LogP contribution < -0.4 is 5.32 Å². The first-order valence-electron chi connectivity index (χ1n) is 5.03. The van der Waals surface area contributed by atoms with Gasteiger partial charge in [-0.2, -0.15) is 5.10 Å². The van der Waals surface area contributed by atoms with Gasteiger partial charge in [-0.05, 0) is 25.3 Å². The van der Waals surface area contributed by atoms with Crippen molar-refractivity contribution in [3.63, 3.8) is 0 Å². The summed E-state index contributed by atoms with van der Waals surface area (Å²) in [5.74, 6) is 0.941. The molecule has 1 aromatic heterocycles. The SMILES string of the molecule is Cn1cc(CNCC2CCC2)cn1. The molecule has 0 aliphatic heterocycles. The van der Waals surface area contributed by atoms with E-state index in [9.17, 15) is 0 Å². The van der Waals surface area contributed by atoms with Gasteiger partial charge in [-0.3, -0.25) is 4.68 Å². The zero-order chi connectivity index (χ0) is 9.10. The third-order valence-corrected chi connectivity index (χ3v) is 2.75. The van der Waals surface area contributed by atoms with E-state index in [1.165, 1.54) is 31.4 Å². The predicted molar refractivity (Wildman–Crippen MR) is 52.3 cm³/mol. The van der Waals surface area contributed by atoms with Crippen LogP contribution in [0.5, 0.6) is 0 Å². The maximum absolute atomic E-state index is 4.13. The average Bonchev–Trinajstić information content (AvgIpc) is 2.42. The molecule has 0 aromatic carbocycles. The fourth-order valence-corrected chi connectivity index (χ4v) is 1.68. The van der Waals surface area contributed by atoms with Crippen LogP contribution in [-0.2, 0) is 13.6 Å². The first-order valence-corrected chi connectivity index (χ1v) is 5.03. The maximum atomic E-state index is 4.13. The lowest BCUT2D eigenvalue weighted by Crippen LogP contribution is -2.26. The van der Waals surface area contributed by atoms with Crippen molar-refractivity contribution >= 4 is 0 Å². The lowest BCUT2D eigenvalue weighted by atomic mass is 9.85. The van der Waals surface area contributed by atoms with Crippen LogP contribution in [0.1, 0.15) is 24.8 Å². The molecule has 2 rings (SSSR count). The summed E-state index contributed by atoms with van der Waals surface area (Å²) in [5.41, 5.74) is 1.28. The first kappa shape index (κ1) is 8.75. The summed E-state index contributed by atoms with van der Waals surface area (Å²) in [4.78, 5) is 0. The smallest absolute Gasteiger partial charge is 0.0534 e. The number of hydrogen-bond acceptors (Lipinski definition) is 2. The van der Waals surface area contributed by atoms with Gasteiger partial charge >= 0.3 is 0 Å². The molecule has 72 valence electrons. The Morgan fingerprint density at radius 3 is 3.00 bits per heavy atom. The van der Waals surface area contributed by atoms with Gasteiger partial charge in [0.05, 0.1) is 6.20 Å². The molecule has 0 saturated heterocycles. The summed E-state index contributed by atoms with van der Waals surface area (Å²) in [6.45, 7) is 2.14. The third kappa shape index (κ3) is 2.31. The quantitative estimate of drug-likeness (QED) is 0.755. The van der Waals surface area contributed by atoms with Crippen LogP contribution in [0.3, 0.4) is 0 Å². The summed E-state index contributed by atoms with van der Waals surface area (Å²) >= 11 is 0. The van der Waals surface area contributed by atoms with Crippen LogP contribution in [0.2, 0.25) is 0 Å². The Labute approximate surface area is 79.1 Å². The number of nitrogens with zero attached hydrogens (tertiary/aromatic N) is 2. The molecule has 1 heterocycles. The Hall–Kier alpha value is -0.830. The molecule has 0 amide bonds. The zero-order valence-electron chi connectivity index (χ0n) is 8.16. The van der Waals surface area contributed by atoms with Gasteiger partial charge in [-0.25, -0.2) is 0 Å². The van der Waals surface area contributed by atoms with Gasteiger partial charge in [-0.1, -0.05) is 6.42 Å². The highest BCUT2D eigenvalue weighted by Crippen LogP contribution is 2.25. The minimum atomic E-state index is 0.941. The largest absolute Gasteiger partial charge is 0.312 e. The summed E-state index contributed by atoms with van der Waals surface area (Å²) in [6.07, 6.45) is 8.25. The van der Waals surface area contributed by atoms with E-state index in [1.54, 1.807) is 0 Å². The Morgan fingerprint density at radius 1 is 1.62 bits per heavy atom. The third-order valence-electron chi connectivity index (χ3n) is 2.75. The lowest BCUT2D eigenvalue weighted by molar-refractivity contribution is 0.301. The average molecular weight is 179 g/mol. The molecule has 1 fully saturated rings. The van der Waals surface area contributed by atoms with Crippen molar-refractivity contribution in [2.75, 3.05) is 6.54 Å². The Bertz CT molecular complexity index is 263. The van der Waals surface area contributed by atoms with Crippen molar-refractivity contribution in [3.05, 3.63) is 18.0 Å². The Balaban J connectivity index is 1.67. The highest BCUT2D eigenvalue weighted by atomic mass is 15.2. The first-order chi connectivity index (χ1) is 6.34. The number of aromatic nitrogens is 2. The minimum absolute atomic E-state index is 0.941. The van der Waals surface area contributed by atoms with Crippen molar-refractivity contribution in [1.29, 1.82) is 0 Å². The monoisotopic (exact) mass is 179 g/mol. The molecule has 0 unspecified atom stereocenters. The minimum Gasteiger partial charge on any atom is -0.312 e. The van der Waals surface area contributed by atoms with Crippen LogP contribution >= 0.6 is 0 Å². The van der Waals surface area contributed by atoms with E-state index in [0.717, 1.165) is 12.5 Å². The van der Waals surface area contributed by atoms with E-state index in [-0.39, 0.29) is 0 Å². The molecular weight excluding hydrogens is 162 g/mol. The fourth-order valence-electron chi connectivity index (χ4n) is 1.68. The van der Waals surface area contributed by atoms with E-state index in [2.05, 4.69) is 16.6 Å². The Kier molecular flexibility index (Phi) is 2.64. The molecule has 1 aromatic rings. The molecular formula is C10H17N3. The second-order valence-electron chi connectivity index (χ2n) is 3.95. The normalized spacial score (nSPS) is 17.3. The van der Waals surface area contributed by atoms with Crippen molar-refractivity contribution in [2.45, 2.75) is 25.8 Å². The van der Waals surface area contributed by atoms with Crippen molar-refractivity contribution in [1.82, 2.24) is 15.1 Å². The van der Waals surface area contributed by atoms with Crippen molar-refractivity contribution in [2.24, 2.45) is 13.0 Å². The highest BCUT2D eigenvalue weighted by Gasteiger charge is 2.16. The topological polar surface area (TPSA) is 29.9 Å². The number of hydrogen-bond donors (Lipinski definition) is 1. The van der Waals surface area contributed by atoms with Crippen molar-refractivity contribution < 1.29 is 0 Å². The summed E-state index contributed by atoms with van der Waals surface area (Å²) in [7, 11) is 1.95. The maximum Gasteiger partial charge on any atom is 0.0534 e. The number of aryl methyl sites for hydroxylation is 1. The van der Waals surface area contributed by atoms with Crippen LogP contribution in [0, 0.1) is 5.92 Å². The number of rotatable bonds is 4. The van der Waals surface area contributed by atoms with Gasteiger partial charge in [0, 0.05) is 25.4 Å². The number of nitrogens with one attached hydrogen (secondary N) is 1. The van der Waals surface area contributed by atoms with E-state index in [0.29, 0.717) is 0 Å². The molecule has 0 atom stereocenters.